The number of anilines is 1. The molecule has 1 aromatic rings. The molecule has 0 spiro atoms. The van der Waals surface area contributed by atoms with Gasteiger partial charge in [0.05, 0.1) is 4.92 Å². The van der Waals surface area contributed by atoms with E-state index in [1.54, 1.807) is 0 Å². The van der Waals surface area contributed by atoms with Gasteiger partial charge in [0.25, 0.3) is 0 Å². The number of nitrogens with zero attached hydrogens (tertiary/aromatic N) is 2. The fourth-order valence-electron chi connectivity index (χ4n) is 1.01. The second kappa shape index (κ2) is 4.66. The molecule has 2 N–H and O–H groups in total. The van der Waals surface area contributed by atoms with Crippen molar-refractivity contribution in [2.45, 2.75) is 19.4 Å². The van der Waals surface area contributed by atoms with Crippen LogP contribution in [0.15, 0.2) is 16.7 Å². The summed E-state index contributed by atoms with van der Waals surface area (Å²) in [4.78, 5) is 24.9. The third kappa shape index (κ3) is 3.13. The van der Waals surface area contributed by atoms with Crippen molar-refractivity contribution in [3.05, 3.63) is 26.9 Å². The van der Waals surface area contributed by atoms with Gasteiger partial charge in [0.1, 0.15) is 5.54 Å². The summed E-state index contributed by atoms with van der Waals surface area (Å²) >= 11 is 3.06. The number of nitrogens with one attached hydrogen (secondary N) is 1. The lowest BCUT2D eigenvalue weighted by molar-refractivity contribution is -0.384. The predicted molar refractivity (Wildman–Crippen MR) is 63.9 cm³/mol. The zero-order chi connectivity index (χ0) is 13.2. The molecule has 1 rings (SSSR count). The first-order valence-electron chi connectivity index (χ1n) is 4.55. The monoisotopic (exact) mass is 303 g/mol. The number of halogens is 1. The van der Waals surface area contributed by atoms with Crippen molar-refractivity contribution >= 4 is 33.4 Å². The quantitative estimate of drug-likeness (QED) is 0.651. The summed E-state index contributed by atoms with van der Waals surface area (Å²) in [6.07, 6.45) is 1.35. The van der Waals surface area contributed by atoms with E-state index in [9.17, 15) is 14.9 Å². The van der Waals surface area contributed by atoms with Gasteiger partial charge in [-0.15, -0.1) is 0 Å². The Balaban J connectivity index is 3.15. The normalized spacial score (nSPS) is 11.0. The highest BCUT2D eigenvalue weighted by Gasteiger charge is 2.30. The summed E-state index contributed by atoms with van der Waals surface area (Å²) in [5.41, 5.74) is -1.63. The van der Waals surface area contributed by atoms with Gasteiger partial charge in [-0.05, 0) is 29.8 Å². The molecule has 7 nitrogen and oxygen atoms in total. The zero-order valence-corrected chi connectivity index (χ0v) is 10.7. The molecule has 0 aliphatic rings. The molecule has 0 aliphatic carbocycles. The lowest BCUT2D eigenvalue weighted by Crippen LogP contribution is -2.40. The molecule has 0 atom stereocenters. The molecule has 0 saturated carbocycles. The van der Waals surface area contributed by atoms with Crippen LogP contribution < -0.4 is 5.32 Å². The third-order valence-electron chi connectivity index (χ3n) is 2.00. The SMILES string of the molecule is CC(C)(Nc1ncc(Br)cc1[N+](=O)[O-])C(=O)O. The van der Waals surface area contributed by atoms with Gasteiger partial charge in [-0.3, -0.25) is 10.1 Å². The topological polar surface area (TPSA) is 105 Å². The lowest BCUT2D eigenvalue weighted by Gasteiger charge is -2.21. The average molecular weight is 304 g/mol. The molecule has 0 aliphatic heterocycles. The number of hydrogen-bond donors (Lipinski definition) is 2. The van der Waals surface area contributed by atoms with E-state index >= 15 is 0 Å². The minimum atomic E-state index is -1.34. The van der Waals surface area contributed by atoms with Gasteiger partial charge in [-0.2, -0.15) is 0 Å². The first-order chi connectivity index (χ1) is 7.74. The Morgan fingerprint density at radius 2 is 2.24 bits per heavy atom. The number of nitro groups is 1. The second-order valence-electron chi connectivity index (χ2n) is 3.83. The van der Waals surface area contributed by atoms with Crippen LogP contribution in [0.4, 0.5) is 11.5 Å². The third-order valence-corrected chi connectivity index (χ3v) is 2.43. The van der Waals surface area contributed by atoms with Gasteiger partial charge in [-0.1, -0.05) is 0 Å². The number of hydrogen-bond acceptors (Lipinski definition) is 5. The summed E-state index contributed by atoms with van der Waals surface area (Å²) < 4.78 is 0.447. The van der Waals surface area contributed by atoms with Crippen molar-refractivity contribution in [1.82, 2.24) is 4.98 Å². The van der Waals surface area contributed by atoms with Gasteiger partial charge in [0.2, 0.25) is 5.82 Å². The maximum absolute atomic E-state index is 10.9. The fraction of sp³-hybridized carbons (Fsp3) is 0.333. The lowest BCUT2D eigenvalue weighted by atomic mass is 10.1. The molecule has 0 radical (unpaired) electrons. The number of aliphatic carboxylic acids is 1. The van der Waals surface area contributed by atoms with Gasteiger partial charge in [0.15, 0.2) is 0 Å². The Morgan fingerprint density at radius 1 is 1.65 bits per heavy atom. The second-order valence-corrected chi connectivity index (χ2v) is 4.75. The highest BCUT2D eigenvalue weighted by Crippen LogP contribution is 2.27. The van der Waals surface area contributed by atoms with E-state index in [0.29, 0.717) is 4.47 Å². The van der Waals surface area contributed by atoms with Gasteiger partial charge in [-0.25, -0.2) is 9.78 Å². The highest BCUT2D eigenvalue weighted by atomic mass is 79.9. The van der Waals surface area contributed by atoms with Gasteiger partial charge < -0.3 is 10.4 Å². The molecule has 0 aromatic carbocycles. The van der Waals surface area contributed by atoms with Crippen LogP contribution in [-0.4, -0.2) is 26.5 Å². The van der Waals surface area contributed by atoms with Gasteiger partial charge in [0, 0.05) is 16.7 Å². The van der Waals surface area contributed by atoms with Crippen LogP contribution in [0.5, 0.6) is 0 Å². The molecule has 92 valence electrons. The van der Waals surface area contributed by atoms with Gasteiger partial charge >= 0.3 is 11.7 Å². The summed E-state index contributed by atoms with van der Waals surface area (Å²) in [5.74, 6) is -1.21. The van der Waals surface area contributed by atoms with E-state index < -0.39 is 16.4 Å². The summed E-state index contributed by atoms with van der Waals surface area (Å²) in [7, 11) is 0. The number of carboxylic acid groups (broad SMARTS) is 1. The molecule has 1 heterocycles. The average Bonchev–Trinajstić information content (AvgIpc) is 2.19. The smallest absolute Gasteiger partial charge is 0.328 e. The maximum atomic E-state index is 10.9. The first-order valence-corrected chi connectivity index (χ1v) is 5.35. The Kier molecular flexibility index (Phi) is 3.66. The minimum absolute atomic E-state index is 0.0781. The van der Waals surface area contributed by atoms with E-state index in [1.807, 2.05) is 0 Å². The number of carbonyl (C=O) groups is 1. The maximum Gasteiger partial charge on any atom is 0.328 e. The van der Waals surface area contributed by atoms with Crippen LogP contribution in [0.25, 0.3) is 0 Å². The van der Waals surface area contributed by atoms with Crippen LogP contribution in [0.3, 0.4) is 0 Å². The molecular weight excluding hydrogens is 294 g/mol. The van der Waals surface area contributed by atoms with Crippen LogP contribution in [0, 0.1) is 10.1 Å². The molecule has 1 aromatic heterocycles. The molecule has 0 amide bonds. The molecule has 0 unspecified atom stereocenters. The number of carboxylic acids is 1. The summed E-state index contributed by atoms with van der Waals surface area (Å²) in [6.45, 7) is 2.78. The number of aromatic nitrogens is 1. The van der Waals surface area contributed by atoms with E-state index in [1.165, 1.54) is 26.1 Å². The minimum Gasteiger partial charge on any atom is -0.480 e. The van der Waals surface area contributed by atoms with Crippen molar-refractivity contribution in [2.75, 3.05) is 5.32 Å². The molecule has 17 heavy (non-hydrogen) atoms. The largest absolute Gasteiger partial charge is 0.480 e. The standard InChI is InChI=1S/C9H10BrN3O4/c1-9(2,8(14)15)12-7-6(13(16)17)3-5(10)4-11-7/h3-4H,1-2H3,(H,11,12)(H,14,15). The predicted octanol–water partition coefficient (Wildman–Crippen LogP) is 2.03. The summed E-state index contributed by atoms with van der Waals surface area (Å²) in [5, 5.41) is 22.2. The Morgan fingerprint density at radius 3 is 2.71 bits per heavy atom. The zero-order valence-electron chi connectivity index (χ0n) is 9.10. The van der Waals surface area contributed by atoms with E-state index in [-0.39, 0.29) is 11.5 Å². The van der Waals surface area contributed by atoms with Crippen molar-refractivity contribution in [1.29, 1.82) is 0 Å². The van der Waals surface area contributed by atoms with Crippen molar-refractivity contribution in [3.8, 4) is 0 Å². The van der Waals surface area contributed by atoms with Crippen LogP contribution in [0.1, 0.15) is 13.8 Å². The Labute approximate surface area is 105 Å². The molecular formula is C9H10BrN3O4. The van der Waals surface area contributed by atoms with Crippen molar-refractivity contribution in [3.63, 3.8) is 0 Å². The van der Waals surface area contributed by atoms with E-state index in [0.717, 1.165) is 0 Å². The van der Waals surface area contributed by atoms with Crippen LogP contribution in [0.2, 0.25) is 0 Å². The van der Waals surface area contributed by atoms with Crippen molar-refractivity contribution in [2.24, 2.45) is 0 Å². The Hall–Kier alpha value is -1.70. The summed E-state index contributed by atoms with van der Waals surface area (Å²) in [6, 6.07) is 1.26. The molecule has 0 saturated heterocycles. The fourth-order valence-corrected chi connectivity index (χ4v) is 1.33. The first kappa shape index (κ1) is 13.4. The molecule has 0 fully saturated rings. The van der Waals surface area contributed by atoms with Crippen LogP contribution in [-0.2, 0) is 4.79 Å². The molecule has 0 bridgehead atoms. The highest BCUT2D eigenvalue weighted by molar-refractivity contribution is 9.10. The molecule has 8 heteroatoms. The van der Waals surface area contributed by atoms with Crippen molar-refractivity contribution < 1.29 is 14.8 Å². The van der Waals surface area contributed by atoms with E-state index in [4.69, 9.17) is 5.11 Å². The number of rotatable bonds is 4. The van der Waals surface area contributed by atoms with E-state index in [2.05, 4.69) is 26.2 Å². The Bertz CT molecular complexity index is 475. The number of pyridine rings is 1. The van der Waals surface area contributed by atoms with Crippen LogP contribution >= 0.6 is 15.9 Å².